The van der Waals surface area contributed by atoms with Gasteiger partial charge in [-0.05, 0) is 38.8 Å². The van der Waals surface area contributed by atoms with Crippen molar-refractivity contribution in [2.45, 2.75) is 32.3 Å². The molecule has 1 heterocycles. The maximum absolute atomic E-state index is 6.10. The van der Waals surface area contributed by atoms with E-state index in [2.05, 4.69) is 59.8 Å². The Kier molecular flexibility index (Phi) is 10.9. The van der Waals surface area contributed by atoms with Crippen molar-refractivity contribution in [2.24, 2.45) is 10.9 Å². The van der Waals surface area contributed by atoms with Gasteiger partial charge in [0, 0.05) is 59.0 Å². The van der Waals surface area contributed by atoms with E-state index in [0.29, 0.717) is 5.92 Å². The highest BCUT2D eigenvalue weighted by molar-refractivity contribution is 5.79. The molecule has 0 aliphatic carbocycles. The van der Waals surface area contributed by atoms with Gasteiger partial charge in [-0.3, -0.25) is 4.99 Å². The lowest BCUT2D eigenvalue weighted by atomic mass is 9.89. The van der Waals surface area contributed by atoms with Crippen molar-refractivity contribution < 1.29 is 9.47 Å². The van der Waals surface area contributed by atoms with E-state index < -0.39 is 0 Å². The molecule has 1 aliphatic rings. The van der Waals surface area contributed by atoms with Gasteiger partial charge in [0.15, 0.2) is 5.96 Å². The maximum atomic E-state index is 6.10. The lowest BCUT2D eigenvalue weighted by Gasteiger charge is -2.31. The van der Waals surface area contributed by atoms with Crippen molar-refractivity contribution in [3.8, 4) is 0 Å². The normalized spacial score (nSPS) is 20.4. The topological polar surface area (TPSA) is 58.1 Å². The maximum Gasteiger partial charge on any atom is 0.191 e. The third kappa shape index (κ3) is 8.17. The minimum Gasteiger partial charge on any atom is -0.385 e. The number of hydrogen-bond acceptors (Lipinski definition) is 4. The van der Waals surface area contributed by atoms with Gasteiger partial charge in [-0.1, -0.05) is 30.3 Å². The van der Waals surface area contributed by atoms with E-state index in [1.54, 1.807) is 7.11 Å². The quantitative estimate of drug-likeness (QED) is 0.346. The summed E-state index contributed by atoms with van der Waals surface area (Å²) in [5, 5.41) is 6.82. The molecule has 28 heavy (non-hydrogen) atoms. The molecule has 0 aromatic heterocycles. The molecule has 1 saturated heterocycles. The summed E-state index contributed by atoms with van der Waals surface area (Å²) in [6.45, 7) is 8.29. The van der Waals surface area contributed by atoms with Crippen LogP contribution < -0.4 is 10.6 Å². The molecule has 2 N–H and O–H groups in total. The van der Waals surface area contributed by atoms with Crippen LogP contribution in [0, 0.1) is 5.92 Å². The molecule has 1 aromatic rings. The highest BCUT2D eigenvalue weighted by atomic mass is 16.5. The first-order valence-corrected chi connectivity index (χ1v) is 10.6. The van der Waals surface area contributed by atoms with Gasteiger partial charge < -0.3 is 25.0 Å². The van der Waals surface area contributed by atoms with E-state index >= 15 is 0 Å². The summed E-state index contributed by atoms with van der Waals surface area (Å²) in [4.78, 5) is 7.18. The van der Waals surface area contributed by atoms with E-state index in [1.165, 1.54) is 5.56 Å². The number of likely N-dealkylation sites (N-methyl/N-ethyl adjacent to an activating group) is 1. The van der Waals surface area contributed by atoms with Gasteiger partial charge >= 0.3 is 0 Å². The second kappa shape index (κ2) is 13.5. The van der Waals surface area contributed by atoms with Gasteiger partial charge in [0.05, 0.1) is 6.10 Å². The summed E-state index contributed by atoms with van der Waals surface area (Å²) >= 11 is 0. The number of methoxy groups -OCH3 is 1. The molecule has 0 spiro atoms. The van der Waals surface area contributed by atoms with Crippen molar-refractivity contribution >= 4 is 5.96 Å². The van der Waals surface area contributed by atoms with Crippen molar-refractivity contribution in [2.75, 3.05) is 60.1 Å². The highest BCUT2D eigenvalue weighted by Gasteiger charge is 2.27. The Hall–Kier alpha value is -1.63. The molecular formula is C22H38N4O2. The molecule has 2 unspecified atom stereocenters. The number of ether oxygens (including phenoxy) is 2. The van der Waals surface area contributed by atoms with Crippen LogP contribution in [-0.2, 0) is 9.47 Å². The number of rotatable bonds is 11. The molecule has 2 rings (SSSR count). The lowest BCUT2D eigenvalue weighted by molar-refractivity contribution is -0.0250. The fraction of sp³-hybridized carbons (Fsp3) is 0.682. The first-order chi connectivity index (χ1) is 13.7. The third-order valence-electron chi connectivity index (χ3n) is 5.08. The number of aliphatic imine (C=N–C) groups is 1. The van der Waals surface area contributed by atoms with Crippen LogP contribution in [0.1, 0.15) is 37.9 Å². The van der Waals surface area contributed by atoms with E-state index in [1.807, 2.05) is 0 Å². The number of guanidine groups is 1. The minimum atomic E-state index is 0.147. The summed E-state index contributed by atoms with van der Waals surface area (Å²) < 4.78 is 11.2. The molecule has 0 amide bonds. The van der Waals surface area contributed by atoms with Crippen LogP contribution in [0.3, 0.4) is 0 Å². The van der Waals surface area contributed by atoms with Crippen molar-refractivity contribution in [3.05, 3.63) is 35.9 Å². The van der Waals surface area contributed by atoms with Crippen LogP contribution in [0.2, 0.25) is 0 Å². The van der Waals surface area contributed by atoms with Gasteiger partial charge in [0.1, 0.15) is 0 Å². The lowest BCUT2D eigenvalue weighted by Crippen LogP contribution is -2.41. The third-order valence-corrected chi connectivity index (χ3v) is 5.08. The van der Waals surface area contributed by atoms with Crippen LogP contribution in [-0.4, -0.2) is 71.0 Å². The first-order valence-electron chi connectivity index (χ1n) is 10.6. The fourth-order valence-electron chi connectivity index (χ4n) is 3.55. The Labute approximate surface area is 170 Å². The monoisotopic (exact) mass is 390 g/mol. The number of nitrogens with one attached hydrogen (secondary N) is 2. The van der Waals surface area contributed by atoms with Crippen molar-refractivity contribution in [3.63, 3.8) is 0 Å². The Morgan fingerprint density at radius 1 is 1.25 bits per heavy atom. The molecule has 0 bridgehead atoms. The summed E-state index contributed by atoms with van der Waals surface area (Å²) in [6.07, 6.45) is 3.47. The highest BCUT2D eigenvalue weighted by Crippen LogP contribution is 2.33. The Morgan fingerprint density at radius 3 is 2.82 bits per heavy atom. The summed E-state index contributed by atoms with van der Waals surface area (Å²) in [5.74, 6) is 1.31. The van der Waals surface area contributed by atoms with Gasteiger partial charge in [-0.25, -0.2) is 0 Å². The first kappa shape index (κ1) is 22.7. The second-order valence-electron chi connectivity index (χ2n) is 7.40. The molecule has 6 heteroatoms. The zero-order chi connectivity index (χ0) is 20.0. The predicted octanol–water partition coefficient (Wildman–Crippen LogP) is 2.68. The number of hydrogen-bond donors (Lipinski definition) is 2. The van der Waals surface area contributed by atoms with Crippen LogP contribution in [0.4, 0.5) is 0 Å². The van der Waals surface area contributed by atoms with E-state index in [4.69, 9.17) is 14.5 Å². The Bertz CT molecular complexity index is 553. The van der Waals surface area contributed by atoms with Crippen LogP contribution in [0.15, 0.2) is 35.3 Å². The zero-order valence-electron chi connectivity index (χ0n) is 17.8. The average Bonchev–Trinajstić information content (AvgIpc) is 2.73. The standard InChI is InChI=1S/C22H38N4O2/c1-4-23-22(24-13-15-26(2)14-9-16-27-3)25-18-20-12-8-17-28-21(20)19-10-6-5-7-11-19/h5-7,10-11,20-21H,4,8-9,12-18H2,1-3H3,(H2,23,24,25). The molecule has 0 saturated carbocycles. The molecule has 0 radical (unpaired) electrons. The molecule has 2 atom stereocenters. The van der Waals surface area contributed by atoms with Crippen LogP contribution in [0.25, 0.3) is 0 Å². The Balaban J connectivity index is 1.84. The minimum absolute atomic E-state index is 0.147. The smallest absolute Gasteiger partial charge is 0.191 e. The number of benzene rings is 1. The molecule has 158 valence electrons. The van der Waals surface area contributed by atoms with Crippen LogP contribution in [0.5, 0.6) is 0 Å². The molecular weight excluding hydrogens is 352 g/mol. The SMILES string of the molecule is CCNC(=NCC1CCCOC1c1ccccc1)NCCN(C)CCCOC. The van der Waals surface area contributed by atoms with Gasteiger partial charge in [-0.2, -0.15) is 0 Å². The summed E-state index contributed by atoms with van der Waals surface area (Å²) in [5.41, 5.74) is 1.26. The Morgan fingerprint density at radius 2 is 2.07 bits per heavy atom. The molecule has 6 nitrogen and oxygen atoms in total. The fourth-order valence-corrected chi connectivity index (χ4v) is 3.55. The molecule has 1 fully saturated rings. The predicted molar refractivity (Wildman–Crippen MR) is 116 cm³/mol. The van der Waals surface area contributed by atoms with E-state index in [9.17, 15) is 0 Å². The van der Waals surface area contributed by atoms with Crippen molar-refractivity contribution in [1.82, 2.24) is 15.5 Å². The molecule has 1 aliphatic heterocycles. The van der Waals surface area contributed by atoms with Crippen molar-refractivity contribution in [1.29, 1.82) is 0 Å². The summed E-state index contributed by atoms with van der Waals surface area (Å²) in [6, 6.07) is 10.6. The van der Waals surface area contributed by atoms with E-state index in [-0.39, 0.29) is 6.10 Å². The molecule has 1 aromatic carbocycles. The number of nitrogens with zero attached hydrogens (tertiary/aromatic N) is 2. The largest absolute Gasteiger partial charge is 0.385 e. The second-order valence-corrected chi connectivity index (χ2v) is 7.40. The van der Waals surface area contributed by atoms with Gasteiger partial charge in [0.25, 0.3) is 0 Å². The zero-order valence-corrected chi connectivity index (χ0v) is 17.8. The van der Waals surface area contributed by atoms with Gasteiger partial charge in [-0.15, -0.1) is 0 Å². The average molecular weight is 391 g/mol. The van der Waals surface area contributed by atoms with E-state index in [0.717, 1.165) is 71.2 Å². The van der Waals surface area contributed by atoms with Gasteiger partial charge in [0.2, 0.25) is 0 Å². The summed E-state index contributed by atoms with van der Waals surface area (Å²) in [7, 11) is 3.89. The van der Waals surface area contributed by atoms with Crippen LogP contribution >= 0.6 is 0 Å².